The molecule has 4 nitrogen and oxygen atoms in total. The van der Waals surface area contributed by atoms with Gasteiger partial charge in [-0.15, -0.1) is 0 Å². The SMILES string of the molecule is O=C(c1ccc(-c2ccc(Cl)c(Cl)c2)cc1)N1CC(Oc2nccs2)C1. The quantitative estimate of drug-likeness (QED) is 0.612. The van der Waals surface area contributed by atoms with Gasteiger partial charge in [-0.05, 0) is 35.4 Å². The number of halogens is 2. The van der Waals surface area contributed by atoms with E-state index in [2.05, 4.69) is 4.98 Å². The summed E-state index contributed by atoms with van der Waals surface area (Å²) < 4.78 is 5.69. The van der Waals surface area contributed by atoms with Crippen molar-refractivity contribution in [1.82, 2.24) is 9.88 Å². The van der Waals surface area contributed by atoms with Crippen molar-refractivity contribution >= 4 is 40.4 Å². The van der Waals surface area contributed by atoms with Crippen molar-refractivity contribution < 1.29 is 9.53 Å². The average molecular weight is 405 g/mol. The lowest BCUT2D eigenvalue weighted by Crippen LogP contribution is -2.56. The molecule has 4 rings (SSSR count). The molecule has 0 spiro atoms. The molecule has 3 aromatic rings. The van der Waals surface area contributed by atoms with Crippen LogP contribution in [0, 0.1) is 0 Å². The molecule has 7 heteroatoms. The highest BCUT2D eigenvalue weighted by Crippen LogP contribution is 2.29. The van der Waals surface area contributed by atoms with Gasteiger partial charge in [0, 0.05) is 17.1 Å². The van der Waals surface area contributed by atoms with Gasteiger partial charge < -0.3 is 9.64 Å². The number of ether oxygens (including phenoxy) is 1. The van der Waals surface area contributed by atoms with Crippen LogP contribution in [0.3, 0.4) is 0 Å². The summed E-state index contributed by atoms with van der Waals surface area (Å²) in [6, 6.07) is 13.0. The minimum atomic E-state index is 0.00433. The Morgan fingerprint density at radius 3 is 2.46 bits per heavy atom. The van der Waals surface area contributed by atoms with Crippen LogP contribution in [0.25, 0.3) is 11.1 Å². The Bertz CT molecular complexity index is 923. The second-order valence-corrected chi connectivity index (χ2v) is 7.63. The van der Waals surface area contributed by atoms with Crippen molar-refractivity contribution in [3.05, 3.63) is 69.7 Å². The lowest BCUT2D eigenvalue weighted by molar-refractivity contribution is 0.0177. The van der Waals surface area contributed by atoms with Crippen LogP contribution in [-0.2, 0) is 0 Å². The van der Waals surface area contributed by atoms with Gasteiger partial charge in [-0.25, -0.2) is 4.98 Å². The fraction of sp³-hybridized carbons (Fsp3) is 0.158. The fourth-order valence-electron chi connectivity index (χ4n) is 2.75. The summed E-state index contributed by atoms with van der Waals surface area (Å²) in [7, 11) is 0. The highest BCUT2D eigenvalue weighted by Gasteiger charge is 2.33. The zero-order valence-corrected chi connectivity index (χ0v) is 15.9. The minimum Gasteiger partial charge on any atom is -0.463 e. The Morgan fingerprint density at radius 1 is 1.08 bits per heavy atom. The number of thiazole rings is 1. The van der Waals surface area contributed by atoms with Crippen LogP contribution in [-0.4, -0.2) is 35.0 Å². The minimum absolute atomic E-state index is 0.00433. The highest BCUT2D eigenvalue weighted by atomic mass is 35.5. The summed E-state index contributed by atoms with van der Waals surface area (Å²) >= 11 is 13.5. The molecule has 1 fully saturated rings. The van der Waals surface area contributed by atoms with E-state index in [0.717, 1.165) is 11.1 Å². The molecular weight excluding hydrogens is 391 g/mol. The van der Waals surface area contributed by atoms with Gasteiger partial charge in [0.1, 0.15) is 6.10 Å². The Hall–Kier alpha value is -2.08. The molecule has 2 aromatic carbocycles. The van der Waals surface area contributed by atoms with Crippen molar-refractivity contribution in [2.75, 3.05) is 13.1 Å². The second-order valence-electron chi connectivity index (χ2n) is 5.95. The number of likely N-dealkylation sites (tertiary alicyclic amines) is 1. The summed E-state index contributed by atoms with van der Waals surface area (Å²) in [5, 5.41) is 3.55. The molecule has 26 heavy (non-hydrogen) atoms. The maximum Gasteiger partial charge on any atom is 0.273 e. The highest BCUT2D eigenvalue weighted by molar-refractivity contribution is 7.11. The third-order valence-corrected chi connectivity index (χ3v) is 5.60. The van der Waals surface area contributed by atoms with Gasteiger partial charge in [0.25, 0.3) is 11.1 Å². The normalized spacial score (nSPS) is 14.2. The third kappa shape index (κ3) is 3.56. The van der Waals surface area contributed by atoms with Crippen molar-refractivity contribution in [2.24, 2.45) is 0 Å². The molecule has 0 unspecified atom stereocenters. The van der Waals surface area contributed by atoms with E-state index in [1.807, 2.05) is 41.8 Å². The molecule has 1 aromatic heterocycles. The van der Waals surface area contributed by atoms with Crippen LogP contribution in [0.15, 0.2) is 54.0 Å². The van der Waals surface area contributed by atoms with E-state index in [1.54, 1.807) is 17.2 Å². The molecule has 1 saturated heterocycles. The van der Waals surface area contributed by atoms with E-state index in [4.69, 9.17) is 27.9 Å². The van der Waals surface area contributed by atoms with Gasteiger partial charge in [0.05, 0.1) is 23.1 Å². The van der Waals surface area contributed by atoms with E-state index < -0.39 is 0 Å². The molecule has 0 radical (unpaired) electrons. The number of rotatable bonds is 4. The number of carbonyl (C=O) groups is 1. The van der Waals surface area contributed by atoms with E-state index >= 15 is 0 Å². The first kappa shape index (κ1) is 17.3. The number of hydrogen-bond acceptors (Lipinski definition) is 4. The second kappa shape index (κ2) is 7.27. The fourth-order valence-corrected chi connectivity index (χ4v) is 3.60. The Kier molecular flexibility index (Phi) is 4.85. The number of hydrogen-bond donors (Lipinski definition) is 0. The molecule has 0 bridgehead atoms. The Labute approximate surface area is 165 Å². The van der Waals surface area contributed by atoms with Gasteiger partial charge in [0.2, 0.25) is 0 Å². The monoisotopic (exact) mass is 404 g/mol. The number of aromatic nitrogens is 1. The summed E-state index contributed by atoms with van der Waals surface area (Å²) in [6.07, 6.45) is 1.72. The van der Waals surface area contributed by atoms with E-state index in [1.165, 1.54) is 11.3 Å². The first-order chi connectivity index (χ1) is 12.6. The number of carbonyl (C=O) groups excluding carboxylic acids is 1. The largest absolute Gasteiger partial charge is 0.463 e. The lowest BCUT2D eigenvalue weighted by Gasteiger charge is -2.38. The molecule has 1 amide bonds. The topological polar surface area (TPSA) is 42.4 Å². The third-order valence-electron chi connectivity index (χ3n) is 4.20. The number of nitrogens with zero attached hydrogens (tertiary/aromatic N) is 2. The average Bonchev–Trinajstić information content (AvgIpc) is 3.13. The maximum atomic E-state index is 12.5. The molecule has 2 heterocycles. The van der Waals surface area contributed by atoms with Crippen molar-refractivity contribution in [1.29, 1.82) is 0 Å². The molecule has 0 atom stereocenters. The van der Waals surface area contributed by atoms with Gasteiger partial charge >= 0.3 is 0 Å². The summed E-state index contributed by atoms with van der Waals surface area (Å²) in [6.45, 7) is 1.15. The van der Waals surface area contributed by atoms with E-state index in [0.29, 0.717) is 33.9 Å². The van der Waals surface area contributed by atoms with Crippen LogP contribution in [0.1, 0.15) is 10.4 Å². The van der Waals surface area contributed by atoms with Crippen LogP contribution in [0.2, 0.25) is 10.0 Å². The predicted octanol–water partition coefficient (Wildman–Crippen LogP) is 5.02. The van der Waals surface area contributed by atoms with Crippen LogP contribution in [0.5, 0.6) is 5.19 Å². The van der Waals surface area contributed by atoms with Crippen LogP contribution >= 0.6 is 34.5 Å². The Morgan fingerprint density at radius 2 is 1.81 bits per heavy atom. The van der Waals surface area contributed by atoms with Crippen molar-refractivity contribution in [2.45, 2.75) is 6.10 Å². The van der Waals surface area contributed by atoms with Crippen molar-refractivity contribution in [3.63, 3.8) is 0 Å². The Balaban J connectivity index is 1.39. The summed E-state index contributed by atoms with van der Waals surface area (Å²) in [5.41, 5.74) is 2.59. The first-order valence-electron chi connectivity index (χ1n) is 8.01. The molecule has 1 aliphatic heterocycles. The molecule has 0 N–H and O–H groups in total. The standard InChI is InChI=1S/C19H14Cl2N2O2S/c20-16-6-5-14(9-17(16)21)12-1-3-13(4-2-12)18(24)23-10-15(11-23)25-19-22-7-8-26-19/h1-9,15H,10-11H2. The van der Waals surface area contributed by atoms with Crippen LogP contribution < -0.4 is 4.74 Å². The number of amides is 1. The summed E-state index contributed by atoms with van der Waals surface area (Å²) in [5.74, 6) is 0.00433. The van der Waals surface area contributed by atoms with Gasteiger partial charge in [0.15, 0.2) is 0 Å². The lowest BCUT2D eigenvalue weighted by atomic mass is 10.0. The molecular formula is C19H14Cl2N2O2S. The van der Waals surface area contributed by atoms with Gasteiger partial charge in [-0.2, -0.15) is 0 Å². The van der Waals surface area contributed by atoms with E-state index in [9.17, 15) is 4.79 Å². The molecule has 132 valence electrons. The van der Waals surface area contributed by atoms with Crippen molar-refractivity contribution in [3.8, 4) is 16.3 Å². The first-order valence-corrected chi connectivity index (χ1v) is 9.64. The van der Waals surface area contributed by atoms with Crippen LogP contribution in [0.4, 0.5) is 0 Å². The van der Waals surface area contributed by atoms with Gasteiger partial charge in [-0.3, -0.25) is 4.79 Å². The summed E-state index contributed by atoms with van der Waals surface area (Å²) in [4.78, 5) is 18.4. The maximum absolute atomic E-state index is 12.5. The smallest absolute Gasteiger partial charge is 0.273 e. The van der Waals surface area contributed by atoms with E-state index in [-0.39, 0.29) is 12.0 Å². The molecule has 1 aliphatic rings. The molecule has 0 saturated carbocycles. The van der Waals surface area contributed by atoms with Gasteiger partial charge in [-0.1, -0.05) is 52.7 Å². The zero-order chi connectivity index (χ0) is 18.1. The number of benzene rings is 2. The predicted molar refractivity (Wildman–Crippen MR) is 104 cm³/mol. The molecule has 0 aliphatic carbocycles. The zero-order valence-electron chi connectivity index (χ0n) is 13.6.